The van der Waals surface area contributed by atoms with E-state index < -0.39 is 15.9 Å². The van der Waals surface area contributed by atoms with Crippen LogP contribution in [0.2, 0.25) is 0 Å². The van der Waals surface area contributed by atoms with Crippen LogP contribution in [0.15, 0.2) is 47.4 Å². The number of hydrogen-bond acceptors (Lipinski definition) is 5. The van der Waals surface area contributed by atoms with Crippen LogP contribution in [-0.2, 0) is 26.0 Å². The second-order valence-corrected chi connectivity index (χ2v) is 8.81. The molecule has 1 aliphatic rings. The van der Waals surface area contributed by atoms with E-state index in [2.05, 4.69) is 10.6 Å². The normalized spacial score (nSPS) is 14.0. The Balaban J connectivity index is 1.72. The van der Waals surface area contributed by atoms with E-state index in [-0.39, 0.29) is 17.3 Å². The second-order valence-electron chi connectivity index (χ2n) is 6.76. The lowest BCUT2D eigenvalue weighted by Crippen LogP contribution is -2.35. The number of anilines is 2. The van der Waals surface area contributed by atoms with Gasteiger partial charge >= 0.3 is 0 Å². The molecule has 29 heavy (non-hydrogen) atoms. The van der Waals surface area contributed by atoms with Gasteiger partial charge in [0.1, 0.15) is 5.75 Å². The second kappa shape index (κ2) is 8.62. The van der Waals surface area contributed by atoms with E-state index in [1.807, 2.05) is 0 Å². The van der Waals surface area contributed by atoms with Gasteiger partial charge in [0.15, 0.2) is 0 Å². The Morgan fingerprint density at radius 2 is 2.00 bits per heavy atom. The maximum absolute atomic E-state index is 12.9. The largest absolute Gasteiger partial charge is 0.497 e. The highest BCUT2D eigenvalue weighted by molar-refractivity contribution is 7.89. The fourth-order valence-electron chi connectivity index (χ4n) is 3.08. The van der Waals surface area contributed by atoms with Crippen LogP contribution in [0.1, 0.15) is 18.4 Å². The first-order valence-electron chi connectivity index (χ1n) is 9.12. The molecule has 3 rings (SSSR count). The minimum atomic E-state index is -3.86. The predicted octanol–water partition coefficient (Wildman–Crippen LogP) is 2.23. The van der Waals surface area contributed by atoms with Gasteiger partial charge < -0.3 is 15.4 Å². The molecule has 2 N–H and O–H groups in total. The van der Waals surface area contributed by atoms with Crippen LogP contribution in [0.25, 0.3) is 0 Å². The number of ether oxygens (including phenoxy) is 1. The highest BCUT2D eigenvalue weighted by Crippen LogP contribution is 2.26. The van der Waals surface area contributed by atoms with Crippen molar-refractivity contribution in [2.45, 2.75) is 24.2 Å². The van der Waals surface area contributed by atoms with E-state index >= 15 is 0 Å². The highest BCUT2D eigenvalue weighted by atomic mass is 32.2. The number of benzene rings is 2. The smallest absolute Gasteiger partial charge is 0.243 e. The first kappa shape index (κ1) is 20.8. The number of amides is 2. The summed E-state index contributed by atoms with van der Waals surface area (Å²) in [5, 5.41) is 5.44. The summed E-state index contributed by atoms with van der Waals surface area (Å²) in [5.74, 6) is 0.0397. The maximum atomic E-state index is 12.9. The van der Waals surface area contributed by atoms with Crippen molar-refractivity contribution in [3.63, 3.8) is 0 Å². The number of nitrogens with zero attached hydrogens (tertiary/aromatic N) is 1. The number of fused-ring (bicyclic) bond motifs is 1. The number of nitrogens with one attached hydrogen (secondary N) is 2. The molecule has 0 atom stereocenters. The van der Waals surface area contributed by atoms with Crippen LogP contribution in [0.3, 0.4) is 0 Å². The van der Waals surface area contributed by atoms with Gasteiger partial charge in [0.25, 0.3) is 0 Å². The first-order valence-corrected chi connectivity index (χ1v) is 10.6. The van der Waals surface area contributed by atoms with Crippen LogP contribution in [0.4, 0.5) is 11.4 Å². The van der Waals surface area contributed by atoms with Crippen LogP contribution in [0, 0.1) is 0 Å². The van der Waals surface area contributed by atoms with Crippen molar-refractivity contribution in [2.75, 3.05) is 31.3 Å². The Morgan fingerprint density at radius 3 is 2.76 bits per heavy atom. The number of aryl methyl sites for hydroxylation is 1. The monoisotopic (exact) mass is 417 g/mol. The maximum Gasteiger partial charge on any atom is 0.243 e. The van der Waals surface area contributed by atoms with Crippen molar-refractivity contribution >= 4 is 33.2 Å². The number of sulfonamides is 1. The third-order valence-electron chi connectivity index (χ3n) is 4.63. The molecule has 0 saturated carbocycles. The van der Waals surface area contributed by atoms with Crippen molar-refractivity contribution < 1.29 is 22.7 Å². The fraction of sp³-hybridized carbons (Fsp3) is 0.300. The van der Waals surface area contributed by atoms with E-state index in [9.17, 15) is 18.0 Å². The molecule has 0 fully saturated rings. The predicted molar refractivity (Wildman–Crippen MR) is 109 cm³/mol. The Morgan fingerprint density at radius 1 is 1.21 bits per heavy atom. The van der Waals surface area contributed by atoms with Gasteiger partial charge in [-0.1, -0.05) is 6.07 Å². The molecule has 0 radical (unpaired) electrons. The molecule has 2 aromatic rings. The molecule has 2 aromatic carbocycles. The molecular formula is C20H23N3O5S. The Labute approximate surface area is 169 Å². The summed E-state index contributed by atoms with van der Waals surface area (Å²) in [6, 6.07) is 11.4. The average molecular weight is 417 g/mol. The van der Waals surface area contributed by atoms with Gasteiger partial charge in [-0.2, -0.15) is 4.31 Å². The summed E-state index contributed by atoms with van der Waals surface area (Å²) in [4.78, 5) is 24.1. The van der Waals surface area contributed by atoms with Gasteiger partial charge in [-0.25, -0.2) is 8.42 Å². The van der Waals surface area contributed by atoms with Crippen molar-refractivity contribution in [1.82, 2.24) is 4.31 Å². The zero-order chi connectivity index (χ0) is 21.0. The number of likely N-dealkylation sites (N-methyl/N-ethyl adjacent to an activating group) is 1. The van der Waals surface area contributed by atoms with E-state index in [0.29, 0.717) is 36.4 Å². The quantitative estimate of drug-likeness (QED) is 0.750. The highest BCUT2D eigenvalue weighted by Gasteiger charge is 2.25. The van der Waals surface area contributed by atoms with E-state index in [1.165, 1.54) is 20.2 Å². The fourth-order valence-corrected chi connectivity index (χ4v) is 4.26. The summed E-state index contributed by atoms with van der Waals surface area (Å²) in [6.07, 6.45) is 1.67. The van der Waals surface area contributed by atoms with Crippen LogP contribution < -0.4 is 15.4 Å². The van der Waals surface area contributed by atoms with Gasteiger partial charge in [-0.3, -0.25) is 9.59 Å². The summed E-state index contributed by atoms with van der Waals surface area (Å²) in [7, 11) is -0.987. The lowest BCUT2D eigenvalue weighted by molar-refractivity contribution is -0.117. The molecular weight excluding hydrogens is 394 g/mol. The summed E-state index contributed by atoms with van der Waals surface area (Å²) < 4.78 is 31.9. The molecule has 0 aliphatic carbocycles. The molecule has 0 unspecified atom stereocenters. The molecule has 0 bridgehead atoms. The van der Waals surface area contributed by atoms with E-state index in [4.69, 9.17) is 4.74 Å². The molecule has 1 aliphatic heterocycles. The molecule has 0 saturated heterocycles. The summed E-state index contributed by atoms with van der Waals surface area (Å²) in [6.45, 7) is -0.340. The Bertz CT molecular complexity index is 1040. The molecule has 0 spiro atoms. The number of hydrogen-bond donors (Lipinski definition) is 2. The minimum absolute atomic E-state index is 0.0781. The Hall–Kier alpha value is -2.91. The zero-order valence-electron chi connectivity index (χ0n) is 16.3. The van der Waals surface area contributed by atoms with Gasteiger partial charge in [-0.05, 0) is 48.7 Å². The van der Waals surface area contributed by atoms with E-state index in [0.717, 1.165) is 9.87 Å². The van der Waals surface area contributed by atoms with Crippen molar-refractivity contribution in [1.29, 1.82) is 0 Å². The van der Waals surface area contributed by atoms with Crippen LogP contribution in [0.5, 0.6) is 5.75 Å². The molecule has 2 amide bonds. The third-order valence-corrected chi connectivity index (χ3v) is 6.43. The number of carbonyl (C=O) groups excluding carboxylic acids is 2. The number of methoxy groups -OCH3 is 1. The van der Waals surface area contributed by atoms with Gasteiger partial charge in [0, 0.05) is 30.9 Å². The van der Waals surface area contributed by atoms with Gasteiger partial charge in [0.05, 0.1) is 18.6 Å². The average Bonchev–Trinajstić information content (AvgIpc) is 2.87. The van der Waals surface area contributed by atoms with Crippen molar-refractivity contribution in [3.05, 3.63) is 48.0 Å². The lowest BCUT2D eigenvalue weighted by atomic mass is 10.1. The van der Waals surface area contributed by atoms with Crippen LogP contribution in [-0.4, -0.2) is 45.2 Å². The molecule has 9 heteroatoms. The summed E-state index contributed by atoms with van der Waals surface area (Å²) >= 11 is 0. The van der Waals surface area contributed by atoms with E-state index in [1.54, 1.807) is 36.4 Å². The SMILES string of the molecule is COc1cccc(NC(=O)CN(C)S(=O)(=O)c2ccc3c(c2)CCCC(=O)N3)c1. The minimum Gasteiger partial charge on any atom is -0.497 e. The standard InChI is InChI=1S/C20H23N3O5S/c1-23(13-20(25)21-15-6-4-7-16(12-15)28-2)29(26,27)17-9-10-18-14(11-17)5-3-8-19(24)22-18/h4,6-7,9-12H,3,5,8,13H2,1-2H3,(H,21,25)(H,22,24). The number of rotatable bonds is 6. The van der Waals surface area contributed by atoms with Gasteiger partial charge in [0.2, 0.25) is 21.8 Å². The lowest BCUT2D eigenvalue weighted by Gasteiger charge is -2.18. The topological polar surface area (TPSA) is 105 Å². The molecule has 154 valence electrons. The van der Waals surface area contributed by atoms with Gasteiger partial charge in [-0.15, -0.1) is 0 Å². The van der Waals surface area contributed by atoms with Crippen LogP contribution >= 0.6 is 0 Å². The molecule has 8 nitrogen and oxygen atoms in total. The molecule has 1 heterocycles. The summed E-state index contributed by atoms with van der Waals surface area (Å²) in [5.41, 5.74) is 1.91. The zero-order valence-corrected chi connectivity index (χ0v) is 17.1. The van der Waals surface area contributed by atoms with Crippen molar-refractivity contribution in [3.8, 4) is 5.75 Å². The number of carbonyl (C=O) groups is 2. The molecule has 0 aromatic heterocycles. The third kappa shape index (κ3) is 4.93. The van der Waals surface area contributed by atoms with Crippen molar-refractivity contribution in [2.24, 2.45) is 0 Å². The Kier molecular flexibility index (Phi) is 6.19. The first-order chi connectivity index (χ1) is 13.8.